The first kappa shape index (κ1) is 12.7. The average molecular weight is 251 g/mol. The highest BCUT2D eigenvalue weighted by atomic mass is 16.3. The van der Waals surface area contributed by atoms with Crippen LogP contribution in [0, 0.1) is 0 Å². The number of aromatic hydroxyl groups is 2. The number of phenolic OH excluding ortho intramolecular Hbond substituents is 2. The van der Waals surface area contributed by atoms with Crippen LogP contribution in [0.5, 0.6) is 11.5 Å². The third-order valence-corrected chi connectivity index (χ3v) is 3.46. The maximum absolute atomic E-state index is 11.9. The molecule has 0 saturated carbocycles. The zero-order valence-electron chi connectivity index (χ0n) is 10.5. The molecule has 0 spiro atoms. The molecular weight excluding hydrogens is 232 g/mol. The number of nitrogens with one attached hydrogen (secondary N) is 1. The van der Waals surface area contributed by atoms with Crippen LogP contribution >= 0.6 is 0 Å². The molecule has 2 rings (SSSR count). The van der Waals surface area contributed by atoms with E-state index in [-0.39, 0.29) is 23.1 Å². The Morgan fingerprint density at radius 1 is 1.28 bits per heavy atom. The highest BCUT2D eigenvalue weighted by Gasteiger charge is 2.29. The van der Waals surface area contributed by atoms with Gasteiger partial charge in [-0.1, -0.05) is 6.07 Å². The van der Waals surface area contributed by atoms with Crippen molar-refractivity contribution >= 4 is 11.6 Å². The Morgan fingerprint density at radius 2 is 1.83 bits per heavy atom. The second kappa shape index (κ2) is 4.86. The quantitative estimate of drug-likeness (QED) is 0.560. The molecule has 1 aromatic carbocycles. The molecule has 5 heteroatoms. The zero-order valence-corrected chi connectivity index (χ0v) is 10.5. The second-order valence-electron chi connectivity index (χ2n) is 5.15. The molecular formula is C13H19N2O3+. The van der Waals surface area contributed by atoms with Gasteiger partial charge >= 0.3 is 0 Å². The molecule has 1 fully saturated rings. The molecule has 18 heavy (non-hydrogen) atoms. The third-order valence-electron chi connectivity index (χ3n) is 3.46. The Hall–Kier alpha value is -1.75. The summed E-state index contributed by atoms with van der Waals surface area (Å²) in [6.45, 7) is 2.37. The summed E-state index contributed by atoms with van der Waals surface area (Å²) in [7, 11) is 2.05. The smallest absolute Gasteiger partial charge is 0.279 e. The summed E-state index contributed by atoms with van der Waals surface area (Å²) < 4.78 is 0.722. The summed E-state index contributed by atoms with van der Waals surface area (Å²) in [6, 6.07) is 4.39. The minimum absolute atomic E-state index is 0.0910. The molecule has 1 aliphatic rings. The van der Waals surface area contributed by atoms with Crippen molar-refractivity contribution in [2.24, 2.45) is 0 Å². The lowest BCUT2D eigenvalue weighted by molar-refractivity contribution is -0.889. The van der Waals surface area contributed by atoms with Gasteiger partial charge < -0.3 is 20.0 Å². The Morgan fingerprint density at radius 3 is 2.39 bits per heavy atom. The highest BCUT2D eigenvalue weighted by Crippen LogP contribution is 2.32. The first-order valence-corrected chi connectivity index (χ1v) is 6.14. The van der Waals surface area contributed by atoms with Gasteiger partial charge in [-0.15, -0.1) is 0 Å². The van der Waals surface area contributed by atoms with Crippen molar-refractivity contribution in [3.05, 3.63) is 18.2 Å². The van der Waals surface area contributed by atoms with E-state index < -0.39 is 0 Å². The summed E-state index contributed by atoms with van der Waals surface area (Å²) >= 11 is 0. The number of phenols is 2. The Labute approximate surface area is 106 Å². The molecule has 98 valence electrons. The van der Waals surface area contributed by atoms with Crippen molar-refractivity contribution in [1.29, 1.82) is 0 Å². The van der Waals surface area contributed by atoms with Crippen LogP contribution < -0.4 is 5.32 Å². The number of rotatable bonds is 3. The highest BCUT2D eigenvalue weighted by molar-refractivity contribution is 5.94. The molecule has 1 aliphatic heterocycles. The molecule has 0 aliphatic carbocycles. The maximum Gasteiger partial charge on any atom is 0.279 e. The lowest BCUT2D eigenvalue weighted by Gasteiger charge is -2.28. The first-order chi connectivity index (χ1) is 8.50. The molecule has 1 aromatic rings. The number of likely N-dealkylation sites (N-methyl/N-ethyl adjacent to an activating group) is 1. The van der Waals surface area contributed by atoms with E-state index in [9.17, 15) is 15.0 Å². The van der Waals surface area contributed by atoms with Gasteiger partial charge in [0.1, 0.15) is 17.2 Å². The Bertz CT molecular complexity index is 433. The van der Waals surface area contributed by atoms with Crippen LogP contribution in [0.3, 0.4) is 0 Å². The zero-order chi connectivity index (χ0) is 13.2. The van der Waals surface area contributed by atoms with Crippen LogP contribution in [-0.4, -0.2) is 47.3 Å². The van der Waals surface area contributed by atoms with Crippen LogP contribution in [0.1, 0.15) is 12.8 Å². The molecule has 0 aromatic heterocycles. The van der Waals surface area contributed by atoms with E-state index in [0.717, 1.165) is 30.4 Å². The number of carbonyl (C=O) groups excluding carboxylic acids is 1. The van der Waals surface area contributed by atoms with Crippen molar-refractivity contribution in [3.8, 4) is 11.5 Å². The summed E-state index contributed by atoms with van der Waals surface area (Å²) in [5.74, 6) is -0.420. The lowest BCUT2D eigenvalue weighted by Crippen LogP contribution is -2.46. The molecule has 1 heterocycles. The number of nitrogens with zero attached hydrogens (tertiary/aromatic N) is 1. The monoisotopic (exact) mass is 251 g/mol. The van der Waals surface area contributed by atoms with E-state index in [1.165, 1.54) is 18.2 Å². The molecule has 0 radical (unpaired) electrons. The Balaban J connectivity index is 2.03. The van der Waals surface area contributed by atoms with E-state index in [1.54, 1.807) is 0 Å². The van der Waals surface area contributed by atoms with Crippen LogP contribution in [0.15, 0.2) is 18.2 Å². The maximum atomic E-state index is 11.9. The Kier molecular flexibility index (Phi) is 3.43. The molecule has 0 unspecified atom stereocenters. The minimum Gasteiger partial charge on any atom is -0.506 e. The molecule has 0 atom stereocenters. The van der Waals surface area contributed by atoms with E-state index in [4.69, 9.17) is 0 Å². The minimum atomic E-state index is -0.184. The fourth-order valence-corrected chi connectivity index (χ4v) is 2.44. The molecule has 1 saturated heterocycles. The SMILES string of the molecule is C[N+]1(CC(=O)Nc2c(O)cccc2O)CCCC1. The van der Waals surface area contributed by atoms with Gasteiger partial charge in [0.25, 0.3) is 5.91 Å². The van der Waals surface area contributed by atoms with Gasteiger partial charge in [-0.2, -0.15) is 0 Å². The van der Waals surface area contributed by atoms with Gasteiger partial charge in [0.05, 0.1) is 20.1 Å². The summed E-state index contributed by atoms with van der Waals surface area (Å²) in [5, 5.41) is 21.7. The first-order valence-electron chi connectivity index (χ1n) is 6.14. The van der Waals surface area contributed by atoms with Crippen molar-refractivity contribution < 1.29 is 19.5 Å². The van der Waals surface area contributed by atoms with Gasteiger partial charge in [0.15, 0.2) is 6.54 Å². The van der Waals surface area contributed by atoms with Crippen LogP contribution in [0.4, 0.5) is 5.69 Å². The van der Waals surface area contributed by atoms with Crippen LogP contribution in [-0.2, 0) is 4.79 Å². The number of amides is 1. The van der Waals surface area contributed by atoms with Crippen LogP contribution in [0.25, 0.3) is 0 Å². The normalized spacial score (nSPS) is 17.6. The summed E-state index contributed by atoms with van der Waals surface area (Å²) in [6.07, 6.45) is 2.29. The number of quaternary nitrogens is 1. The number of hydrogen-bond acceptors (Lipinski definition) is 3. The predicted molar refractivity (Wildman–Crippen MR) is 68.4 cm³/mol. The van der Waals surface area contributed by atoms with Crippen LogP contribution in [0.2, 0.25) is 0 Å². The summed E-state index contributed by atoms with van der Waals surface area (Å²) in [5.41, 5.74) is 0.0910. The molecule has 0 bridgehead atoms. The molecule has 5 nitrogen and oxygen atoms in total. The second-order valence-corrected chi connectivity index (χ2v) is 5.15. The van der Waals surface area contributed by atoms with Crippen molar-refractivity contribution in [2.45, 2.75) is 12.8 Å². The number of hydrogen-bond donors (Lipinski definition) is 3. The standard InChI is InChI=1S/C13H18N2O3/c1-15(7-2-3-8-15)9-12(18)14-13-10(16)5-4-6-11(13)17/h4-6H,2-3,7-9H2,1H3,(H2-,14,16,17,18)/p+1. The third kappa shape index (κ3) is 2.73. The number of carbonyl (C=O) groups is 1. The predicted octanol–water partition coefficient (Wildman–Crippen LogP) is 1.28. The average Bonchev–Trinajstić information content (AvgIpc) is 2.70. The molecule has 1 amide bonds. The molecule has 3 N–H and O–H groups in total. The van der Waals surface area contributed by atoms with Crippen molar-refractivity contribution in [1.82, 2.24) is 0 Å². The van der Waals surface area contributed by atoms with Gasteiger partial charge in [0, 0.05) is 12.8 Å². The van der Waals surface area contributed by atoms with Gasteiger partial charge in [-0.05, 0) is 12.1 Å². The van der Waals surface area contributed by atoms with Gasteiger partial charge in [-0.3, -0.25) is 4.79 Å². The van der Waals surface area contributed by atoms with E-state index >= 15 is 0 Å². The number of anilines is 1. The lowest BCUT2D eigenvalue weighted by atomic mass is 10.2. The van der Waals surface area contributed by atoms with E-state index in [1.807, 2.05) is 0 Å². The van der Waals surface area contributed by atoms with E-state index in [2.05, 4.69) is 12.4 Å². The van der Waals surface area contributed by atoms with E-state index in [0.29, 0.717) is 6.54 Å². The number of likely N-dealkylation sites (tertiary alicyclic amines) is 1. The van der Waals surface area contributed by atoms with Crippen molar-refractivity contribution in [2.75, 3.05) is 32.0 Å². The van der Waals surface area contributed by atoms with Crippen molar-refractivity contribution in [3.63, 3.8) is 0 Å². The fraction of sp³-hybridized carbons (Fsp3) is 0.462. The number of benzene rings is 1. The topological polar surface area (TPSA) is 69.6 Å². The fourth-order valence-electron chi connectivity index (χ4n) is 2.44. The van der Waals surface area contributed by atoms with Gasteiger partial charge in [0.2, 0.25) is 0 Å². The number of para-hydroxylation sites is 1. The van der Waals surface area contributed by atoms with Gasteiger partial charge in [-0.25, -0.2) is 0 Å². The largest absolute Gasteiger partial charge is 0.506 e. The summed E-state index contributed by atoms with van der Waals surface area (Å²) in [4.78, 5) is 11.9.